The lowest BCUT2D eigenvalue weighted by Gasteiger charge is -2.17. The summed E-state index contributed by atoms with van der Waals surface area (Å²) in [6.07, 6.45) is 0.257. The Bertz CT molecular complexity index is 1810. The van der Waals surface area contributed by atoms with Crippen LogP contribution in [0.2, 0.25) is 5.02 Å². The number of amides is 1. The molecule has 0 unspecified atom stereocenters. The van der Waals surface area contributed by atoms with E-state index in [0.717, 1.165) is 27.0 Å². The SMILES string of the molecule is O=C1C(=c2sc3nc(=O)c(Cc4ccccc4)nn3c2=O)c2ccccc2N1Cc1ccc(Cl)cc1. The third-order valence-corrected chi connectivity index (χ3v) is 7.33. The first-order chi connectivity index (χ1) is 17.5. The van der Waals surface area contributed by atoms with Crippen LogP contribution in [0.1, 0.15) is 22.4 Å². The summed E-state index contributed by atoms with van der Waals surface area (Å²) in [7, 11) is 0. The van der Waals surface area contributed by atoms with E-state index in [1.54, 1.807) is 17.0 Å². The molecule has 1 aliphatic heterocycles. The van der Waals surface area contributed by atoms with E-state index in [1.165, 1.54) is 0 Å². The molecule has 0 aliphatic carbocycles. The summed E-state index contributed by atoms with van der Waals surface area (Å²) in [5.74, 6) is -0.290. The second-order valence-corrected chi connectivity index (χ2v) is 9.78. The maximum absolute atomic E-state index is 13.7. The Morgan fingerprint density at radius 2 is 1.56 bits per heavy atom. The van der Waals surface area contributed by atoms with Crippen molar-refractivity contribution in [3.63, 3.8) is 0 Å². The van der Waals surface area contributed by atoms with Crippen molar-refractivity contribution in [2.75, 3.05) is 4.90 Å². The first kappa shape index (κ1) is 22.3. The van der Waals surface area contributed by atoms with Crippen molar-refractivity contribution in [2.45, 2.75) is 13.0 Å². The molecule has 0 saturated heterocycles. The van der Waals surface area contributed by atoms with Gasteiger partial charge in [0.05, 0.1) is 17.8 Å². The summed E-state index contributed by atoms with van der Waals surface area (Å²) in [4.78, 5) is 45.7. The highest BCUT2D eigenvalue weighted by Gasteiger charge is 2.34. The molecule has 3 heterocycles. The zero-order valence-electron chi connectivity index (χ0n) is 18.7. The molecule has 7 nitrogen and oxygen atoms in total. The van der Waals surface area contributed by atoms with Gasteiger partial charge in [-0.2, -0.15) is 14.6 Å². The highest BCUT2D eigenvalue weighted by Crippen LogP contribution is 2.36. The monoisotopic (exact) mass is 512 g/mol. The minimum Gasteiger partial charge on any atom is -0.303 e. The molecule has 36 heavy (non-hydrogen) atoms. The van der Waals surface area contributed by atoms with Gasteiger partial charge in [-0.3, -0.25) is 14.4 Å². The number of benzene rings is 3. The third kappa shape index (κ3) is 3.80. The fourth-order valence-corrected chi connectivity index (χ4v) is 5.44. The van der Waals surface area contributed by atoms with Crippen molar-refractivity contribution in [3.8, 4) is 0 Å². The minimum atomic E-state index is -0.487. The lowest BCUT2D eigenvalue weighted by molar-refractivity contribution is -0.113. The van der Waals surface area contributed by atoms with Crippen LogP contribution in [0.15, 0.2) is 88.5 Å². The van der Waals surface area contributed by atoms with Gasteiger partial charge in [0.25, 0.3) is 17.0 Å². The van der Waals surface area contributed by atoms with Crippen LogP contribution >= 0.6 is 22.9 Å². The number of fused-ring (bicyclic) bond motifs is 2. The van der Waals surface area contributed by atoms with Gasteiger partial charge in [0, 0.05) is 17.0 Å². The van der Waals surface area contributed by atoms with E-state index in [0.29, 0.717) is 28.4 Å². The molecule has 5 aromatic rings. The van der Waals surface area contributed by atoms with E-state index < -0.39 is 11.1 Å². The van der Waals surface area contributed by atoms with Crippen LogP contribution in [0.4, 0.5) is 5.69 Å². The van der Waals surface area contributed by atoms with E-state index in [2.05, 4.69) is 10.1 Å². The second kappa shape index (κ2) is 8.82. The molecule has 0 N–H and O–H groups in total. The van der Waals surface area contributed by atoms with E-state index >= 15 is 0 Å². The van der Waals surface area contributed by atoms with Gasteiger partial charge < -0.3 is 4.90 Å². The van der Waals surface area contributed by atoms with Gasteiger partial charge in [-0.1, -0.05) is 83.6 Å². The van der Waals surface area contributed by atoms with E-state index in [9.17, 15) is 14.4 Å². The van der Waals surface area contributed by atoms with E-state index in [1.807, 2.05) is 66.7 Å². The number of rotatable bonds is 4. The van der Waals surface area contributed by atoms with Crippen LogP contribution in [0.5, 0.6) is 0 Å². The number of aromatic nitrogens is 3. The Labute approximate surface area is 213 Å². The molecule has 1 aliphatic rings. The number of thiazole rings is 1. The topological polar surface area (TPSA) is 84.6 Å². The molecule has 3 aromatic carbocycles. The standard InChI is InChI=1S/C27H17ClN4O3S/c28-18-12-10-17(11-13-18)15-31-21-9-5-4-8-19(21)22(25(31)34)23-26(35)32-27(36-23)29-24(33)20(30-32)14-16-6-2-1-3-7-16/h1-13H,14-15H2. The molecule has 9 heteroatoms. The molecule has 0 atom stereocenters. The van der Waals surface area contributed by atoms with Crippen molar-refractivity contribution < 1.29 is 4.79 Å². The summed E-state index contributed by atoms with van der Waals surface area (Å²) in [6.45, 7) is 0.325. The maximum Gasteiger partial charge on any atom is 0.296 e. The molecule has 2 aromatic heterocycles. The Balaban J connectivity index is 1.49. The Hall–Kier alpha value is -4.14. The quantitative estimate of drug-likeness (QED) is 0.369. The van der Waals surface area contributed by atoms with Crippen LogP contribution in [-0.4, -0.2) is 20.5 Å². The summed E-state index contributed by atoms with van der Waals surface area (Å²) in [5.41, 5.74) is 2.67. The number of carbonyl (C=O) groups excluding carboxylic acids is 1. The molecule has 176 valence electrons. The molecule has 0 bridgehead atoms. The first-order valence-electron chi connectivity index (χ1n) is 11.2. The van der Waals surface area contributed by atoms with Crippen LogP contribution in [0, 0.1) is 0 Å². The minimum absolute atomic E-state index is 0.158. The number of hydrogen-bond donors (Lipinski definition) is 0. The number of para-hydroxylation sites is 1. The number of hydrogen-bond acceptors (Lipinski definition) is 6. The summed E-state index contributed by atoms with van der Waals surface area (Å²) < 4.78 is 1.34. The van der Waals surface area contributed by atoms with Crippen LogP contribution in [0.25, 0.3) is 10.5 Å². The summed E-state index contributed by atoms with van der Waals surface area (Å²) in [5, 5.41) is 4.94. The van der Waals surface area contributed by atoms with Crippen LogP contribution in [0.3, 0.4) is 0 Å². The molecular weight excluding hydrogens is 496 g/mol. The summed E-state index contributed by atoms with van der Waals surface area (Å²) >= 11 is 7.01. The Morgan fingerprint density at radius 3 is 2.33 bits per heavy atom. The molecule has 0 spiro atoms. The van der Waals surface area contributed by atoms with Gasteiger partial charge >= 0.3 is 0 Å². The molecule has 6 rings (SSSR count). The van der Waals surface area contributed by atoms with Crippen molar-refractivity contribution in [1.82, 2.24) is 14.6 Å². The van der Waals surface area contributed by atoms with Gasteiger partial charge in [0.1, 0.15) is 10.2 Å². The largest absolute Gasteiger partial charge is 0.303 e. The smallest absolute Gasteiger partial charge is 0.296 e. The van der Waals surface area contributed by atoms with Crippen molar-refractivity contribution in [3.05, 3.63) is 132 Å². The second-order valence-electron chi connectivity index (χ2n) is 8.37. The van der Waals surface area contributed by atoms with Gasteiger partial charge in [-0.05, 0) is 29.3 Å². The number of carbonyl (C=O) groups is 1. The van der Waals surface area contributed by atoms with Crippen LogP contribution < -0.4 is 20.6 Å². The Morgan fingerprint density at radius 1 is 0.833 bits per heavy atom. The fraction of sp³-hybridized carbons (Fsp3) is 0.0741. The van der Waals surface area contributed by atoms with Gasteiger partial charge in [0.2, 0.25) is 4.96 Å². The molecule has 0 radical (unpaired) electrons. The van der Waals surface area contributed by atoms with Gasteiger partial charge in [0.15, 0.2) is 0 Å². The number of halogens is 1. The molecule has 0 fully saturated rings. The number of nitrogens with zero attached hydrogens (tertiary/aromatic N) is 4. The van der Waals surface area contributed by atoms with E-state index in [4.69, 9.17) is 11.6 Å². The van der Waals surface area contributed by atoms with Crippen LogP contribution in [-0.2, 0) is 17.8 Å². The zero-order valence-corrected chi connectivity index (χ0v) is 20.3. The maximum atomic E-state index is 13.7. The molecule has 0 saturated carbocycles. The molecule has 1 amide bonds. The van der Waals surface area contributed by atoms with E-state index in [-0.39, 0.29) is 27.5 Å². The van der Waals surface area contributed by atoms with Crippen molar-refractivity contribution >= 4 is 45.1 Å². The normalized spacial score (nSPS) is 14.5. The lowest BCUT2D eigenvalue weighted by Crippen LogP contribution is -2.33. The predicted octanol–water partition coefficient (Wildman–Crippen LogP) is 3.22. The average Bonchev–Trinajstić information content (AvgIpc) is 3.34. The average molecular weight is 513 g/mol. The predicted molar refractivity (Wildman–Crippen MR) is 139 cm³/mol. The van der Waals surface area contributed by atoms with Gasteiger partial charge in [-0.25, -0.2) is 0 Å². The fourth-order valence-electron chi connectivity index (χ4n) is 4.32. The molecular formula is C27H17ClN4O3S. The zero-order chi connectivity index (χ0) is 24.8. The first-order valence-corrected chi connectivity index (χ1v) is 12.4. The summed E-state index contributed by atoms with van der Waals surface area (Å²) in [6, 6.07) is 24.0. The van der Waals surface area contributed by atoms with Crippen molar-refractivity contribution in [1.29, 1.82) is 0 Å². The number of anilines is 1. The Kier molecular flexibility index (Phi) is 5.47. The highest BCUT2D eigenvalue weighted by atomic mass is 35.5. The highest BCUT2D eigenvalue weighted by molar-refractivity contribution is 7.15. The lowest BCUT2D eigenvalue weighted by atomic mass is 10.1. The third-order valence-electron chi connectivity index (χ3n) is 6.04. The van der Waals surface area contributed by atoms with Gasteiger partial charge in [-0.15, -0.1) is 0 Å². The van der Waals surface area contributed by atoms with Crippen molar-refractivity contribution in [2.24, 2.45) is 0 Å².